The highest BCUT2D eigenvalue weighted by Crippen LogP contribution is 2.34. The van der Waals surface area contributed by atoms with Crippen LogP contribution in [-0.2, 0) is 0 Å². The first kappa shape index (κ1) is 13.9. The summed E-state index contributed by atoms with van der Waals surface area (Å²) in [5, 5.41) is 9.39. The number of pyridine rings is 1. The Hall–Kier alpha value is -2.56. The number of carbonyl (C=O) groups is 1. The second-order valence-electron chi connectivity index (χ2n) is 4.22. The van der Waals surface area contributed by atoms with Crippen molar-refractivity contribution in [1.82, 2.24) is 4.98 Å². The van der Waals surface area contributed by atoms with Gasteiger partial charge >= 0.3 is 5.97 Å². The van der Waals surface area contributed by atoms with Crippen LogP contribution < -0.4 is 9.47 Å². The highest BCUT2D eigenvalue weighted by atomic mass is 16.5. The van der Waals surface area contributed by atoms with Gasteiger partial charge in [0.05, 0.1) is 25.5 Å². The maximum atomic E-state index is 11.5. The number of ether oxygens (including phenoxy) is 2. The third-order valence-corrected chi connectivity index (χ3v) is 3.03. The second kappa shape index (κ2) is 5.61. The molecule has 2 rings (SSSR count). The molecule has 0 unspecified atom stereocenters. The number of aromatic carboxylic acids is 1. The van der Waals surface area contributed by atoms with Crippen LogP contribution in [0.4, 0.5) is 0 Å². The topological polar surface area (TPSA) is 68.7 Å². The van der Waals surface area contributed by atoms with Crippen molar-refractivity contribution in [3.63, 3.8) is 0 Å². The second-order valence-corrected chi connectivity index (χ2v) is 4.22. The molecule has 104 valence electrons. The third-order valence-electron chi connectivity index (χ3n) is 3.03. The Labute approximate surface area is 116 Å². The molecule has 5 nitrogen and oxygen atoms in total. The van der Waals surface area contributed by atoms with E-state index in [9.17, 15) is 9.90 Å². The summed E-state index contributed by atoms with van der Waals surface area (Å²) >= 11 is 0. The summed E-state index contributed by atoms with van der Waals surface area (Å²) in [6, 6.07) is 6.86. The Morgan fingerprint density at radius 1 is 1.20 bits per heavy atom. The molecule has 0 aliphatic rings. The molecule has 1 heterocycles. The number of hydrogen-bond donors (Lipinski definition) is 1. The fraction of sp³-hybridized carbons (Fsp3) is 0.200. The van der Waals surface area contributed by atoms with Gasteiger partial charge in [-0.3, -0.25) is 4.98 Å². The van der Waals surface area contributed by atoms with Crippen LogP contribution >= 0.6 is 0 Å². The molecule has 0 fully saturated rings. The summed E-state index contributed by atoms with van der Waals surface area (Å²) < 4.78 is 10.5. The first-order valence-corrected chi connectivity index (χ1v) is 5.99. The van der Waals surface area contributed by atoms with E-state index in [1.165, 1.54) is 7.11 Å². The molecule has 0 amide bonds. The third kappa shape index (κ3) is 2.42. The Bertz CT molecular complexity index is 652. The lowest BCUT2D eigenvalue weighted by atomic mass is 10.0. The van der Waals surface area contributed by atoms with Gasteiger partial charge < -0.3 is 14.6 Å². The molecule has 0 radical (unpaired) electrons. The van der Waals surface area contributed by atoms with Crippen LogP contribution in [0.5, 0.6) is 11.5 Å². The van der Waals surface area contributed by atoms with Gasteiger partial charge in [0.25, 0.3) is 0 Å². The molecular formula is C15H15NO4. The normalized spacial score (nSPS) is 10.2. The van der Waals surface area contributed by atoms with Crippen molar-refractivity contribution < 1.29 is 19.4 Å². The summed E-state index contributed by atoms with van der Waals surface area (Å²) in [6.07, 6.45) is 1.58. The van der Waals surface area contributed by atoms with Crippen molar-refractivity contribution in [1.29, 1.82) is 0 Å². The SMILES string of the molecule is COc1ccc(OC)c(-c2nccc(C)c2C(=O)O)c1. The number of benzene rings is 1. The summed E-state index contributed by atoms with van der Waals surface area (Å²) in [7, 11) is 3.08. The molecule has 5 heteroatoms. The van der Waals surface area contributed by atoms with E-state index in [1.807, 2.05) is 0 Å². The number of rotatable bonds is 4. The van der Waals surface area contributed by atoms with E-state index in [4.69, 9.17) is 9.47 Å². The molecule has 1 aromatic carbocycles. The Kier molecular flexibility index (Phi) is 3.89. The first-order chi connectivity index (χ1) is 9.58. The van der Waals surface area contributed by atoms with Crippen molar-refractivity contribution in [2.75, 3.05) is 14.2 Å². The Morgan fingerprint density at radius 2 is 1.95 bits per heavy atom. The van der Waals surface area contributed by atoms with Gasteiger partial charge in [0.2, 0.25) is 0 Å². The molecule has 0 aliphatic heterocycles. The highest BCUT2D eigenvalue weighted by Gasteiger charge is 2.19. The average Bonchev–Trinajstić information content (AvgIpc) is 2.45. The van der Waals surface area contributed by atoms with Crippen LogP contribution in [0.3, 0.4) is 0 Å². The maximum absolute atomic E-state index is 11.5. The molecule has 20 heavy (non-hydrogen) atoms. The average molecular weight is 273 g/mol. The van der Waals surface area contributed by atoms with Gasteiger partial charge in [-0.05, 0) is 36.8 Å². The minimum absolute atomic E-state index is 0.166. The number of methoxy groups -OCH3 is 2. The fourth-order valence-electron chi connectivity index (χ4n) is 2.03. The maximum Gasteiger partial charge on any atom is 0.338 e. The molecule has 0 saturated carbocycles. The van der Waals surface area contributed by atoms with E-state index in [1.54, 1.807) is 44.5 Å². The van der Waals surface area contributed by atoms with E-state index >= 15 is 0 Å². The van der Waals surface area contributed by atoms with E-state index in [0.29, 0.717) is 28.3 Å². The van der Waals surface area contributed by atoms with E-state index in [0.717, 1.165) is 0 Å². The van der Waals surface area contributed by atoms with Gasteiger partial charge in [-0.2, -0.15) is 0 Å². The fourth-order valence-corrected chi connectivity index (χ4v) is 2.03. The minimum Gasteiger partial charge on any atom is -0.497 e. The molecule has 1 N–H and O–H groups in total. The standard InChI is InChI=1S/C15H15NO4/c1-9-6-7-16-14(13(9)15(17)18)11-8-10(19-2)4-5-12(11)20-3/h4-8H,1-3H3,(H,17,18). The number of aromatic nitrogens is 1. The van der Waals surface area contributed by atoms with Gasteiger partial charge in [0.15, 0.2) is 0 Å². The zero-order chi connectivity index (χ0) is 14.7. The highest BCUT2D eigenvalue weighted by molar-refractivity contribution is 5.97. The smallest absolute Gasteiger partial charge is 0.338 e. The van der Waals surface area contributed by atoms with Crippen LogP contribution in [0, 0.1) is 6.92 Å². The zero-order valence-corrected chi connectivity index (χ0v) is 11.5. The number of carboxylic acids is 1. The largest absolute Gasteiger partial charge is 0.497 e. The zero-order valence-electron chi connectivity index (χ0n) is 11.5. The van der Waals surface area contributed by atoms with Crippen LogP contribution in [0.1, 0.15) is 15.9 Å². The van der Waals surface area contributed by atoms with Gasteiger partial charge in [0.1, 0.15) is 11.5 Å². The Morgan fingerprint density at radius 3 is 2.55 bits per heavy atom. The first-order valence-electron chi connectivity index (χ1n) is 5.99. The summed E-state index contributed by atoms with van der Waals surface area (Å²) in [5.41, 5.74) is 1.77. The summed E-state index contributed by atoms with van der Waals surface area (Å²) in [4.78, 5) is 15.7. The van der Waals surface area contributed by atoms with Crippen molar-refractivity contribution >= 4 is 5.97 Å². The molecule has 0 bridgehead atoms. The van der Waals surface area contributed by atoms with Crippen molar-refractivity contribution in [3.05, 3.63) is 41.6 Å². The molecular weight excluding hydrogens is 258 g/mol. The van der Waals surface area contributed by atoms with Gasteiger partial charge in [-0.15, -0.1) is 0 Å². The monoisotopic (exact) mass is 273 g/mol. The number of carboxylic acid groups (broad SMARTS) is 1. The predicted octanol–water partition coefficient (Wildman–Crippen LogP) is 2.77. The lowest BCUT2D eigenvalue weighted by molar-refractivity contribution is 0.0696. The van der Waals surface area contributed by atoms with Gasteiger partial charge in [0, 0.05) is 11.8 Å². The number of aryl methyl sites for hydroxylation is 1. The number of hydrogen-bond acceptors (Lipinski definition) is 4. The minimum atomic E-state index is -1.02. The molecule has 2 aromatic rings. The summed E-state index contributed by atoms with van der Waals surface area (Å²) in [5.74, 6) is 0.141. The quantitative estimate of drug-likeness (QED) is 0.927. The van der Waals surface area contributed by atoms with Gasteiger partial charge in [-0.25, -0.2) is 4.79 Å². The van der Waals surface area contributed by atoms with Crippen LogP contribution in [0.2, 0.25) is 0 Å². The van der Waals surface area contributed by atoms with E-state index in [2.05, 4.69) is 4.98 Å². The van der Waals surface area contributed by atoms with E-state index in [-0.39, 0.29) is 5.56 Å². The Balaban J connectivity index is 2.73. The molecule has 1 aromatic heterocycles. The van der Waals surface area contributed by atoms with Crippen LogP contribution in [0.15, 0.2) is 30.5 Å². The van der Waals surface area contributed by atoms with Gasteiger partial charge in [-0.1, -0.05) is 0 Å². The van der Waals surface area contributed by atoms with E-state index < -0.39 is 5.97 Å². The van der Waals surface area contributed by atoms with Crippen molar-refractivity contribution in [2.24, 2.45) is 0 Å². The molecule has 0 aliphatic carbocycles. The number of nitrogens with zero attached hydrogens (tertiary/aromatic N) is 1. The molecule has 0 spiro atoms. The summed E-state index contributed by atoms with van der Waals surface area (Å²) in [6.45, 7) is 1.74. The lowest BCUT2D eigenvalue weighted by Crippen LogP contribution is -2.05. The van der Waals surface area contributed by atoms with Crippen molar-refractivity contribution in [3.8, 4) is 22.8 Å². The lowest BCUT2D eigenvalue weighted by Gasteiger charge is -2.13. The predicted molar refractivity (Wildman–Crippen MR) is 74.5 cm³/mol. The van der Waals surface area contributed by atoms with Crippen molar-refractivity contribution in [2.45, 2.75) is 6.92 Å². The van der Waals surface area contributed by atoms with Crippen LogP contribution in [0.25, 0.3) is 11.3 Å². The molecule has 0 atom stereocenters. The van der Waals surface area contributed by atoms with Crippen LogP contribution in [-0.4, -0.2) is 30.3 Å². The molecule has 0 saturated heterocycles.